The minimum Gasteiger partial charge on any atom is -0.328 e. The Bertz CT molecular complexity index is 242. The highest BCUT2D eigenvalue weighted by molar-refractivity contribution is 6.06. The summed E-state index contributed by atoms with van der Waals surface area (Å²) in [6.07, 6.45) is 1.76. The monoisotopic (exact) mass is 182 g/mol. The van der Waals surface area contributed by atoms with E-state index in [1.807, 2.05) is 6.92 Å². The SMILES string of the molecule is CC(CN)N1C(=O)C2CCC2C1=O. The lowest BCUT2D eigenvalue weighted by atomic mass is 9.76. The molecule has 2 fully saturated rings. The number of fused-ring (bicyclic) bond motifs is 1. The summed E-state index contributed by atoms with van der Waals surface area (Å²) in [5.74, 6) is -0.0265. The van der Waals surface area contributed by atoms with Crippen LogP contribution >= 0.6 is 0 Å². The van der Waals surface area contributed by atoms with Gasteiger partial charge in [-0.15, -0.1) is 0 Å². The van der Waals surface area contributed by atoms with Gasteiger partial charge in [0.25, 0.3) is 0 Å². The molecule has 0 aromatic rings. The van der Waals surface area contributed by atoms with E-state index in [0.29, 0.717) is 6.54 Å². The number of carbonyl (C=O) groups excluding carboxylic acids is 2. The Labute approximate surface area is 77.1 Å². The predicted octanol–water partition coefficient (Wildman–Crippen LogP) is -0.271. The zero-order valence-electron chi connectivity index (χ0n) is 7.69. The Morgan fingerprint density at radius 3 is 2.15 bits per heavy atom. The summed E-state index contributed by atoms with van der Waals surface area (Å²) in [5.41, 5.74) is 5.44. The van der Waals surface area contributed by atoms with Crippen LogP contribution in [0.3, 0.4) is 0 Å². The Balaban J connectivity index is 2.19. The molecule has 2 rings (SSSR count). The number of likely N-dealkylation sites (tertiary alicyclic amines) is 1. The van der Waals surface area contributed by atoms with Gasteiger partial charge in [-0.3, -0.25) is 14.5 Å². The molecule has 2 N–H and O–H groups in total. The molecule has 0 radical (unpaired) electrons. The van der Waals surface area contributed by atoms with Crippen LogP contribution in [0.2, 0.25) is 0 Å². The maximum absolute atomic E-state index is 11.6. The molecule has 0 aromatic heterocycles. The fourth-order valence-electron chi connectivity index (χ4n) is 2.10. The van der Waals surface area contributed by atoms with Crippen molar-refractivity contribution in [2.45, 2.75) is 25.8 Å². The van der Waals surface area contributed by atoms with Crippen molar-refractivity contribution in [2.75, 3.05) is 6.54 Å². The van der Waals surface area contributed by atoms with Gasteiger partial charge in [-0.2, -0.15) is 0 Å². The Hall–Kier alpha value is -0.900. The van der Waals surface area contributed by atoms with E-state index in [-0.39, 0.29) is 29.7 Å². The van der Waals surface area contributed by atoms with Gasteiger partial charge in [0, 0.05) is 12.6 Å². The molecule has 72 valence electrons. The first kappa shape index (κ1) is 8.69. The van der Waals surface area contributed by atoms with Gasteiger partial charge in [0.2, 0.25) is 11.8 Å². The van der Waals surface area contributed by atoms with Crippen LogP contribution in [0.5, 0.6) is 0 Å². The first-order chi connectivity index (χ1) is 6.16. The van der Waals surface area contributed by atoms with Crippen molar-refractivity contribution < 1.29 is 9.59 Å². The van der Waals surface area contributed by atoms with Crippen LogP contribution < -0.4 is 5.73 Å². The summed E-state index contributed by atoms with van der Waals surface area (Å²) in [4.78, 5) is 24.6. The van der Waals surface area contributed by atoms with Crippen molar-refractivity contribution in [1.29, 1.82) is 0 Å². The number of amides is 2. The number of imide groups is 1. The molecule has 4 nitrogen and oxygen atoms in total. The van der Waals surface area contributed by atoms with E-state index in [1.165, 1.54) is 4.90 Å². The summed E-state index contributed by atoms with van der Waals surface area (Å²) in [7, 11) is 0. The zero-order valence-corrected chi connectivity index (χ0v) is 7.69. The van der Waals surface area contributed by atoms with Crippen molar-refractivity contribution in [3.8, 4) is 0 Å². The maximum atomic E-state index is 11.6. The van der Waals surface area contributed by atoms with E-state index in [4.69, 9.17) is 5.73 Å². The summed E-state index contributed by atoms with van der Waals surface area (Å²) in [6.45, 7) is 2.18. The standard InChI is InChI=1S/C9H14N2O2/c1-5(4-10)11-8(12)6-2-3-7(6)9(11)13/h5-7H,2-4,10H2,1H3. The van der Waals surface area contributed by atoms with Gasteiger partial charge >= 0.3 is 0 Å². The third-order valence-electron chi connectivity index (χ3n) is 3.17. The van der Waals surface area contributed by atoms with Crippen LogP contribution in [0.4, 0.5) is 0 Å². The first-order valence-electron chi connectivity index (χ1n) is 4.73. The summed E-state index contributed by atoms with van der Waals surface area (Å²) < 4.78 is 0. The molecule has 3 unspecified atom stereocenters. The lowest BCUT2D eigenvalue weighted by molar-refractivity contribution is -0.141. The molecule has 1 saturated carbocycles. The van der Waals surface area contributed by atoms with Gasteiger partial charge in [-0.25, -0.2) is 0 Å². The maximum Gasteiger partial charge on any atom is 0.233 e. The van der Waals surface area contributed by atoms with Gasteiger partial charge in [-0.1, -0.05) is 0 Å². The third kappa shape index (κ3) is 1.01. The Morgan fingerprint density at radius 1 is 1.38 bits per heavy atom. The molecule has 2 amide bonds. The van der Waals surface area contributed by atoms with Crippen molar-refractivity contribution in [3.63, 3.8) is 0 Å². The highest BCUT2D eigenvalue weighted by atomic mass is 16.2. The quantitative estimate of drug-likeness (QED) is 0.598. The van der Waals surface area contributed by atoms with E-state index >= 15 is 0 Å². The van der Waals surface area contributed by atoms with Gasteiger partial charge in [-0.05, 0) is 19.8 Å². The van der Waals surface area contributed by atoms with Crippen LogP contribution in [-0.4, -0.2) is 29.3 Å². The Morgan fingerprint density at radius 2 is 1.85 bits per heavy atom. The molecule has 0 aromatic carbocycles. The molecule has 4 heteroatoms. The van der Waals surface area contributed by atoms with Crippen molar-refractivity contribution in [1.82, 2.24) is 4.90 Å². The van der Waals surface area contributed by atoms with Crippen LogP contribution in [0.1, 0.15) is 19.8 Å². The smallest absolute Gasteiger partial charge is 0.233 e. The average Bonchev–Trinajstić information content (AvgIpc) is 2.16. The van der Waals surface area contributed by atoms with E-state index in [9.17, 15) is 9.59 Å². The van der Waals surface area contributed by atoms with E-state index in [0.717, 1.165) is 12.8 Å². The highest BCUT2D eigenvalue weighted by Crippen LogP contribution is 2.42. The molecule has 1 aliphatic heterocycles. The Kier molecular flexibility index (Phi) is 1.87. The number of rotatable bonds is 2. The molecule has 1 saturated heterocycles. The second-order valence-corrected chi connectivity index (χ2v) is 3.92. The van der Waals surface area contributed by atoms with Crippen molar-refractivity contribution in [2.24, 2.45) is 17.6 Å². The van der Waals surface area contributed by atoms with Crippen LogP contribution in [0.15, 0.2) is 0 Å². The molecule has 2 aliphatic rings. The van der Waals surface area contributed by atoms with Gasteiger partial charge < -0.3 is 5.73 Å². The van der Waals surface area contributed by atoms with Crippen LogP contribution in [-0.2, 0) is 9.59 Å². The largest absolute Gasteiger partial charge is 0.328 e. The number of hydrogen-bond acceptors (Lipinski definition) is 3. The summed E-state index contributed by atoms with van der Waals surface area (Å²) in [5, 5.41) is 0. The van der Waals surface area contributed by atoms with E-state index in [1.54, 1.807) is 0 Å². The number of nitrogens with zero attached hydrogens (tertiary/aromatic N) is 1. The molecule has 0 spiro atoms. The lowest BCUT2D eigenvalue weighted by Gasteiger charge is -2.24. The first-order valence-corrected chi connectivity index (χ1v) is 4.73. The molecule has 1 aliphatic carbocycles. The second kappa shape index (κ2) is 2.80. The number of hydrogen-bond donors (Lipinski definition) is 1. The highest BCUT2D eigenvalue weighted by Gasteiger charge is 2.53. The zero-order chi connectivity index (χ0) is 9.59. The summed E-state index contributed by atoms with van der Waals surface area (Å²) >= 11 is 0. The normalized spacial score (nSPS) is 34.5. The van der Waals surface area contributed by atoms with Gasteiger partial charge in [0.05, 0.1) is 11.8 Å². The molecule has 3 atom stereocenters. The lowest BCUT2D eigenvalue weighted by Crippen LogP contribution is -2.42. The van der Waals surface area contributed by atoms with Gasteiger partial charge in [0.1, 0.15) is 0 Å². The van der Waals surface area contributed by atoms with Crippen LogP contribution in [0.25, 0.3) is 0 Å². The molecule has 0 bridgehead atoms. The summed E-state index contributed by atoms with van der Waals surface area (Å²) in [6, 6.07) is -0.134. The molecule has 1 heterocycles. The second-order valence-electron chi connectivity index (χ2n) is 3.92. The predicted molar refractivity (Wildman–Crippen MR) is 46.6 cm³/mol. The number of nitrogens with two attached hydrogens (primary N) is 1. The average molecular weight is 182 g/mol. The van der Waals surface area contributed by atoms with Crippen molar-refractivity contribution in [3.05, 3.63) is 0 Å². The minimum atomic E-state index is -0.134. The minimum absolute atomic E-state index is 0.000741. The topological polar surface area (TPSA) is 63.4 Å². The number of carbonyl (C=O) groups is 2. The van der Waals surface area contributed by atoms with E-state index < -0.39 is 0 Å². The molecule has 13 heavy (non-hydrogen) atoms. The van der Waals surface area contributed by atoms with Crippen molar-refractivity contribution >= 4 is 11.8 Å². The van der Waals surface area contributed by atoms with E-state index in [2.05, 4.69) is 0 Å². The fourth-order valence-corrected chi connectivity index (χ4v) is 2.10. The molecular formula is C9H14N2O2. The fraction of sp³-hybridized carbons (Fsp3) is 0.778. The van der Waals surface area contributed by atoms with Gasteiger partial charge in [0.15, 0.2) is 0 Å². The molecular weight excluding hydrogens is 168 g/mol. The van der Waals surface area contributed by atoms with Crippen LogP contribution in [0, 0.1) is 11.8 Å². The third-order valence-corrected chi connectivity index (χ3v) is 3.17.